The monoisotopic (exact) mass is 501 g/mol. The van der Waals surface area contributed by atoms with Crippen LogP contribution in [0.25, 0.3) is 0 Å². The van der Waals surface area contributed by atoms with Crippen LogP contribution in [-0.2, 0) is 17.9 Å². The summed E-state index contributed by atoms with van der Waals surface area (Å²) in [6.07, 6.45) is 5.13. The van der Waals surface area contributed by atoms with Gasteiger partial charge in [0, 0.05) is 19.1 Å². The van der Waals surface area contributed by atoms with Crippen molar-refractivity contribution in [3.8, 4) is 11.5 Å². The maximum absolute atomic E-state index is 14.1. The molecular weight excluding hydrogens is 470 g/mol. The third-order valence-electron chi connectivity index (χ3n) is 7.04. The van der Waals surface area contributed by atoms with E-state index in [1.54, 1.807) is 6.07 Å². The van der Waals surface area contributed by atoms with Gasteiger partial charge in [-0.15, -0.1) is 0 Å². The number of hydrogen-bond donors (Lipinski definition) is 1. The van der Waals surface area contributed by atoms with Gasteiger partial charge in [0.25, 0.3) is 5.69 Å². The largest absolute Gasteiger partial charge is 0.454 e. The predicted octanol–water partition coefficient (Wildman–Crippen LogP) is 5.52. The molecule has 1 saturated carbocycles. The molecule has 0 spiro atoms. The first-order valence-electron chi connectivity index (χ1n) is 12.8. The highest BCUT2D eigenvalue weighted by atomic mass is 16.7. The van der Waals surface area contributed by atoms with Gasteiger partial charge in [0.05, 0.1) is 16.6 Å². The third-order valence-corrected chi connectivity index (χ3v) is 7.04. The Morgan fingerprint density at radius 3 is 2.05 bits per heavy atom. The van der Waals surface area contributed by atoms with Gasteiger partial charge in [-0.3, -0.25) is 19.8 Å². The standard InChI is InChI=1S/C29H31N3O5/c33-29(30-23-14-8-3-9-15-23)28(24-16-26-27(37-20-36-26)17-25(24)32(34)35)31(18-21-10-4-1-5-11-21)19-22-12-6-2-7-13-22/h1-2,4-7,10-13,16-17,23,28H,3,8-9,14-15,18-20H2,(H,30,33). The molecule has 0 bridgehead atoms. The molecule has 8 heteroatoms. The first-order valence-corrected chi connectivity index (χ1v) is 12.8. The van der Waals surface area contributed by atoms with Crippen molar-refractivity contribution in [2.75, 3.05) is 6.79 Å². The summed E-state index contributed by atoms with van der Waals surface area (Å²) in [4.78, 5) is 27.9. The fraction of sp³-hybridized carbons (Fsp3) is 0.345. The highest BCUT2D eigenvalue weighted by Gasteiger charge is 2.37. The Morgan fingerprint density at radius 2 is 1.49 bits per heavy atom. The molecule has 37 heavy (non-hydrogen) atoms. The zero-order chi connectivity index (χ0) is 25.6. The maximum Gasteiger partial charge on any atom is 0.278 e. The van der Waals surface area contributed by atoms with Gasteiger partial charge in [-0.1, -0.05) is 79.9 Å². The van der Waals surface area contributed by atoms with Gasteiger partial charge in [0.2, 0.25) is 12.7 Å². The normalized spacial score (nSPS) is 15.9. The van der Waals surface area contributed by atoms with Gasteiger partial charge in [-0.2, -0.15) is 0 Å². The minimum absolute atomic E-state index is 0.00732. The van der Waals surface area contributed by atoms with E-state index < -0.39 is 11.0 Å². The fourth-order valence-corrected chi connectivity index (χ4v) is 5.23. The molecule has 1 heterocycles. The number of rotatable bonds is 9. The number of nitrogens with zero attached hydrogens (tertiary/aromatic N) is 2. The van der Waals surface area contributed by atoms with Crippen molar-refractivity contribution in [1.29, 1.82) is 0 Å². The Morgan fingerprint density at radius 1 is 0.919 bits per heavy atom. The Labute approximate surface area is 216 Å². The predicted molar refractivity (Wildman–Crippen MR) is 139 cm³/mol. The second-order valence-electron chi connectivity index (χ2n) is 9.64. The summed E-state index contributed by atoms with van der Waals surface area (Å²) in [7, 11) is 0. The number of nitro groups is 1. The number of carbonyl (C=O) groups excluding carboxylic acids is 1. The van der Waals surface area contributed by atoms with Gasteiger partial charge in [0.15, 0.2) is 11.5 Å². The molecule has 1 amide bonds. The smallest absolute Gasteiger partial charge is 0.278 e. The molecule has 0 aromatic heterocycles. The van der Waals surface area contributed by atoms with Crippen LogP contribution in [0.4, 0.5) is 5.69 Å². The molecule has 1 fully saturated rings. The lowest BCUT2D eigenvalue weighted by molar-refractivity contribution is -0.386. The zero-order valence-electron chi connectivity index (χ0n) is 20.7. The van der Waals surface area contributed by atoms with Gasteiger partial charge in [-0.25, -0.2) is 0 Å². The van der Waals surface area contributed by atoms with Gasteiger partial charge < -0.3 is 14.8 Å². The summed E-state index contributed by atoms with van der Waals surface area (Å²) in [6, 6.07) is 21.9. The Bertz CT molecular complexity index is 1190. The van der Waals surface area contributed by atoms with E-state index in [2.05, 4.69) is 5.32 Å². The maximum atomic E-state index is 14.1. The SMILES string of the molecule is O=C(NC1CCCCC1)C(c1cc2c(cc1[N+](=O)[O-])OCO2)N(Cc1ccccc1)Cc1ccccc1. The van der Waals surface area contributed by atoms with Crippen LogP contribution < -0.4 is 14.8 Å². The molecule has 2 aliphatic rings. The summed E-state index contributed by atoms with van der Waals surface area (Å²) in [6.45, 7) is 0.862. The molecule has 1 aliphatic heterocycles. The number of fused-ring (bicyclic) bond motifs is 1. The molecule has 192 valence electrons. The zero-order valence-corrected chi connectivity index (χ0v) is 20.7. The number of amides is 1. The molecule has 1 atom stereocenters. The van der Waals surface area contributed by atoms with E-state index in [1.165, 1.54) is 6.07 Å². The van der Waals surface area contributed by atoms with E-state index in [-0.39, 0.29) is 24.4 Å². The second-order valence-corrected chi connectivity index (χ2v) is 9.64. The molecule has 5 rings (SSSR count). The first-order chi connectivity index (χ1) is 18.1. The van der Waals surface area contributed by atoms with Gasteiger partial charge >= 0.3 is 0 Å². The molecule has 3 aromatic carbocycles. The molecule has 3 aromatic rings. The summed E-state index contributed by atoms with van der Waals surface area (Å²) in [5.74, 6) is 0.496. The Hall–Kier alpha value is -3.91. The minimum atomic E-state index is -0.905. The van der Waals surface area contributed by atoms with Gasteiger partial charge in [0.1, 0.15) is 6.04 Å². The van der Waals surface area contributed by atoms with Crippen LogP contribution in [0.3, 0.4) is 0 Å². The Balaban J connectivity index is 1.59. The fourth-order valence-electron chi connectivity index (χ4n) is 5.23. The summed E-state index contributed by atoms with van der Waals surface area (Å²) >= 11 is 0. The second kappa shape index (κ2) is 11.4. The highest BCUT2D eigenvalue weighted by molar-refractivity contribution is 5.85. The van der Waals surface area contributed by atoms with E-state index in [9.17, 15) is 14.9 Å². The van der Waals surface area contributed by atoms with Gasteiger partial charge in [-0.05, 0) is 30.0 Å². The first kappa shape index (κ1) is 24.8. The van der Waals surface area contributed by atoms with Crippen LogP contribution in [0.15, 0.2) is 72.8 Å². The lowest BCUT2D eigenvalue weighted by atomic mass is 9.94. The topological polar surface area (TPSA) is 93.9 Å². The molecule has 0 radical (unpaired) electrons. The molecule has 1 unspecified atom stereocenters. The van der Waals surface area contributed by atoms with Crippen LogP contribution in [0, 0.1) is 10.1 Å². The van der Waals surface area contributed by atoms with E-state index in [0.29, 0.717) is 30.2 Å². The quantitative estimate of drug-likeness (QED) is 0.307. The number of ether oxygens (including phenoxy) is 2. The van der Waals surface area contributed by atoms with E-state index in [1.807, 2.05) is 65.6 Å². The van der Waals surface area contributed by atoms with Crippen molar-refractivity contribution < 1.29 is 19.2 Å². The molecular formula is C29H31N3O5. The summed E-state index contributed by atoms with van der Waals surface area (Å²) in [5, 5.41) is 15.5. The van der Waals surface area contributed by atoms with Crippen molar-refractivity contribution in [3.05, 3.63) is 99.6 Å². The van der Waals surface area contributed by atoms with Crippen molar-refractivity contribution >= 4 is 11.6 Å². The summed E-state index contributed by atoms with van der Waals surface area (Å²) < 4.78 is 11.0. The van der Waals surface area contributed by atoms with E-state index >= 15 is 0 Å². The molecule has 0 saturated heterocycles. The number of benzene rings is 3. The van der Waals surface area contributed by atoms with Crippen molar-refractivity contribution in [3.63, 3.8) is 0 Å². The number of nitrogens with one attached hydrogen (secondary N) is 1. The van der Waals surface area contributed by atoms with E-state index in [0.717, 1.165) is 43.2 Å². The molecule has 1 aliphatic carbocycles. The average molecular weight is 502 g/mol. The lowest BCUT2D eigenvalue weighted by Crippen LogP contribution is -2.45. The van der Waals surface area contributed by atoms with Crippen LogP contribution >= 0.6 is 0 Å². The van der Waals surface area contributed by atoms with Crippen molar-refractivity contribution in [2.24, 2.45) is 0 Å². The molecule has 1 N–H and O–H groups in total. The summed E-state index contributed by atoms with van der Waals surface area (Å²) in [5.41, 5.74) is 2.17. The average Bonchev–Trinajstić information content (AvgIpc) is 3.38. The van der Waals surface area contributed by atoms with Crippen molar-refractivity contribution in [2.45, 2.75) is 57.3 Å². The number of carbonyl (C=O) groups is 1. The minimum Gasteiger partial charge on any atom is -0.454 e. The van der Waals surface area contributed by atoms with Crippen LogP contribution in [-0.4, -0.2) is 28.6 Å². The Kier molecular flexibility index (Phi) is 7.65. The van der Waals surface area contributed by atoms with Crippen LogP contribution in [0.2, 0.25) is 0 Å². The third kappa shape index (κ3) is 5.91. The van der Waals surface area contributed by atoms with E-state index in [4.69, 9.17) is 9.47 Å². The lowest BCUT2D eigenvalue weighted by Gasteiger charge is -2.33. The number of nitro benzene ring substituents is 1. The highest BCUT2D eigenvalue weighted by Crippen LogP contribution is 2.42. The molecule has 8 nitrogen and oxygen atoms in total. The number of hydrogen-bond acceptors (Lipinski definition) is 6. The van der Waals surface area contributed by atoms with Crippen molar-refractivity contribution in [1.82, 2.24) is 10.2 Å². The van der Waals surface area contributed by atoms with Crippen LogP contribution in [0.5, 0.6) is 11.5 Å². The van der Waals surface area contributed by atoms with Crippen LogP contribution in [0.1, 0.15) is 54.8 Å².